The molecule has 4 aliphatic carbocycles. The van der Waals surface area contributed by atoms with Crippen molar-refractivity contribution in [3.8, 4) is 0 Å². The Balaban J connectivity index is 1.43. The highest BCUT2D eigenvalue weighted by molar-refractivity contribution is 7.16. The molecule has 0 N–H and O–H groups in total. The number of ketones is 1. The third-order valence-corrected chi connectivity index (χ3v) is 11.0. The topological polar surface area (TPSA) is 61.8 Å². The lowest BCUT2D eigenvalue weighted by molar-refractivity contribution is -0.167. The number of carbonyl (C=O) groups is 2. The molecular formula is C30H43O5P. The van der Waals surface area contributed by atoms with E-state index >= 15 is 0 Å². The van der Waals surface area contributed by atoms with E-state index in [0.29, 0.717) is 36.7 Å². The predicted octanol–water partition coefficient (Wildman–Crippen LogP) is 5.59. The van der Waals surface area contributed by atoms with Crippen molar-refractivity contribution in [3.63, 3.8) is 0 Å². The maximum atomic E-state index is 12.7. The molecule has 198 valence electrons. The van der Waals surface area contributed by atoms with E-state index in [2.05, 4.69) is 35.2 Å². The molecule has 2 fully saturated rings. The summed E-state index contributed by atoms with van der Waals surface area (Å²) >= 11 is 0. The first-order valence-electron chi connectivity index (χ1n) is 13.9. The molecule has 2 saturated carbocycles. The summed E-state index contributed by atoms with van der Waals surface area (Å²) in [7, 11) is 4.60. The molecule has 9 atom stereocenters. The summed E-state index contributed by atoms with van der Waals surface area (Å²) in [5.41, 5.74) is 2.76. The molecule has 5 rings (SSSR count). The fraction of sp³-hybridized carbons (Fsp3) is 0.733. The molecule has 1 heterocycles. The van der Waals surface area contributed by atoms with Gasteiger partial charge in [-0.05, 0) is 105 Å². The fourth-order valence-corrected chi connectivity index (χ4v) is 8.69. The molecule has 2 unspecified atom stereocenters. The average Bonchev–Trinajstić information content (AvgIpc) is 3.21. The van der Waals surface area contributed by atoms with Crippen LogP contribution in [-0.2, 0) is 23.8 Å². The number of ether oxygens (including phenoxy) is 3. The van der Waals surface area contributed by atoms with Gasteiger partial charge in [-0.15, -0.1) is 9.24 Å². The molecule has 0 aromatic carbocycles. The average molecular weight is 515 g/mol. The standard InChI is InChI=1S/C30H43O5P/c1-18-16-26(35-28(32)19(18)2)27(34-14-5-15-36)25-9-8-23-22-7-6-20-17-21(31)10-13-30(20,33-4)24(22)11-12-29(23,25)3/h6,10,13,22-27H,5,7-9,11-12,14-17,36H2,1-4H3/t22-,23-,24-,25+,26+,27+,29?,30+/m0/s1. The van der Waals surface area contributed by atoms with E-state index in [0.717, 1.165) is 55.8 Å². The summed E-state index contributed by atoms with van der Waals surface area (Å²) in [6, 6.07) is 0. The number of hydrogen-bond acceptors (Lipinski definition) is 5. The van der Waals surface area contributed by atoms with E-state index < -0.39 is 5.60 Å². The first-order valence-corrected chi connectivity index (χ1v) is 14.7. The molecule has 0 aromatic rings. The summed E-state index contributed by atoms with van der Waals surface area (Å²) in [6.07, 6.45) is 14.6. The third kappa shape index (κ3) is 4.18. The van der Waals surface area contributed by atoms with Crippen molar-refractivity contribution in [2.24, 2.45) is 29.1 Å². The Hall–Kier alpha value is -1.29. The SMILES string of the molecule is CO[C@]12C=CC(=O)CC1=CC[C@H]1[C@@H]3CC[C@H]([C@@H](OCCCP)[C@H]4CC(C)=C(C)C(=O)O4)C3(C)CC[C@@H]12. The number of allylic oxidation sites excluding steroid dienone is 2. The molecule has 5 nitrogen and oxygen atoms in total. The number of methoxy groups -OCH3 is 1. The summed E-state index contributed by atoms with van der Waals surface area (Å²) in [4.78, 5) is 24.8. The van der Waals surface area contributed by atoms with Crippen LogP contribution in [-0.4, -0.2) is 49.4 Å². The van der Waals surface area contributed by atoms with Gasteiger partial charge in [-0.1, -0.05) is 18.6 Å². The van der Waals surface area contributed by atoms with Crippen molar-refractivity contribution in [1.82, 2.24) is 0 Å². The van der Waals surface area contributed by atoms with Crippen LogP contribution < -0.4 is 0 Å². The quantitative estimate of drug-likeness (QED) is 0.192. The van der Waals surface area contributed by atoms with Crippen molar-refractivity contribution in [2.75, 3.05) is 19.9 Å². The largest absolute Gasteiger partial charge is 0.456 e. The van der Waals surface area contributed by atoms with Crippen LogP contribution in [0.25, 0.3) is 0 Å². The van der Waals surface area contributed by atoms with Crippen molar-refractivity contribution < 1.29 is 23.8 Å². The number of cyclic esters (lactones) is 1. The number of carbonyl (C=O) groups excluding carboxylic acids is 2. The van der Waals surface area contributed by atoms with Gasteiger partial charge in [-0.25, -0.2) is 4.79 Å². The fourth-order valence-electron chi connectivity index (χ4n) is 8.53. The number of fused-ring (bicyclic) bond motifs is 5. The van der Waals surface area contributed by atoms with Crippen LogP contribution >= 0.6 is 9.24 Å². The van der Waals surface area contributed by atoms with Gasteiger partial charge in [-0.2, -0.15) is 0 Å². The van der Waals surface area contributed by atoms with Gasteiger partial charge in [0.1, 0.15) is 11.7 Å². The van der Waals surface area contributed by atoms with Gasteiger partial charge < -0.3 is 14.2 Å². The molecule has 6 heteroatoms. The lowest BCUT2D eigenvalue weighted by Crippen LogP contribution is -2.56. The maximum Gasteiger partial charge on any atom is 0.334 e. The highest BCUT2D eigenvalue weighted by Crippen LogP contribution is 2.65. The zero-order chi connectivity index (χ0) is 25.7. The zero-order valence-electron chi connectivity index (χ0n) is 22.4. The molecule has 36 heavy (non-hydrogen) atoms. The summed E-state index contributed by atoms with van der Waals surface area (Å²) in [6.45, 7) is 7.11. The molecule has 0 amide bonds. The molecular weight excluding hydrogens is 471 g/mol. The summed E-state index contributed by atoms with van der Waals surface area (Å²) in [5, 5.41) is 0. The van der Waals surface area contributed by atoms with Gasteiger partial charge in [0, 0.05) is 32.1 Å². The molecule has 0 aromatic heterocycles. The first-order chi connectivity index (χ1) is 17.2. The van der Waals surface area contributed by atoms with Crippen molar-refractivity contribution in [2.45, 2.75) is 89.9 Å². The molecule has 0 spiro atoms. The lowest BCUT2D eigenvalue weighted by Gasteiger charge is -2.57. The van der Waals surface area contributed by atoms with Crippen LogP contribution in [0.4, 0.5) is 0 Å². The van der Waals surface area contributed by atoms with Crippen LogP contribution in [0.2, 0.25) is 0 Å². The third-order valence-electron chi connectivity index (χ3n) is 10.6. The van der Waals surface area contributed by atoms with Gasteiger partial charge >= 0.3 is 5.97 Å². The minimum atomic E-state index is -0.427. The maximum absolute atomic E-state index is 12.7. The molecule has 1 aliphatic heterocycles. The van der Waals surface area contributed by atoms with E-state index in [-0.39, 0.29) is 29.4 Å². The lowest BCUT2D eigenvalue weighted by atomic mass is 9.50. The first kappa shape index (κ1) is 26.3. The Morgan fingerprint density at radius 3 is 2.72 bits per heavy atom. The van der Waals surface area contributed by atoms with E-state index in [9.17, 15) is 9.59 Å². The van der Waals surface area contributed by atoms with E-state index in [4.69, 9.17) is 14.2 Å². The van der Waals surface area contributed by atoms with E-state index in [1.807, 2.05) is 14.0 Å². The van der Waals surface area contributed by atoms with Gasteiger partial charge in [-0.3, -0.25) is 4.79 Å². The van der Waals surface area contributed by atoms with Gasteiger partial charge in [0.05, 0.1) is 6.10 Å². The van der Waals surface area contributed by atoms with Crippen molar-refractivity contribution in [1.29, 1.82) is 0 Å². The highest BCUT2D eigenvalue weighted by atomic mass is 31.0. The monoisotopic (exact) mass is 514 g/mol. The highest BCUT2D eigenvalue weighted by Gasteiger charge is 2.61. The second kappa shape index (κ2) is 10.1. The number of esters is 1. The normalized spacial score (nSPS) is 40.8. The molecule has 0 bridgehead atoms. The Labute approximate surface area is 218 Å². The van der Waals surface area contributed by atoms with Crippen molar-refractivity contribution in [3.05, 3.63) is 34.9 Å². The van der Waals surface area contributed by atoms with Crippen LogP contribution in [0.3, 0.4) is 0 Å². The second-order valence-corrected chi connectivity index (χ2v) is 12.7. The Morgan fingerprint density at radius 2 is 2.00 bits per heavy atom. The zero-order valence-corrected chi connectivity index (χ0v) is 23.5. The van der Waals surface area contributed by atoms with E-state index in [1.54, 1.807) is 6.08 Å². The molecule has 5 aliphatic rings. The minimum absolute atomic E-state index is 0.0709. The smallest absolute Gasteiger partial charge is 0.334 e. The molecule has 0 radical (unpaired) electrons. The van der Waals surface area contributed by atoms with Crippen LogP contribution in [0.1, 0.15) is 72.1 Å². The number of hydrogen-bond donors (Lipinski definition) is 0. The minimum Gasteiger partial charge on any atom is -0.456 e. The second-order valence-electron chi connectivity index (χ2n) is 12.1. The van der Waals surface area contributed by atoms with Gasteiger partial charge in [0.25, 0.3) is 0 Å². The van der Waals surface area contributed by atoms with Gasteiger partial charge in [0.15, 0.2) is 5.78 Å². The Morgan fingerprint density at radius 1 is 1.19 bits per heavy atom. The van der Waals surface area contributed by atoms with Crippen molar-refractivity contribution >= 4 is 21.0 Å². The molecule has 0 saturated heterocycles. The summed E-state index contributed by atoms with van der Waals surface area (Å²) in [5.74, 6) is 1.87. The Bertz CT molecular complexity index is 997. The van der Waals surface area contributed by atoms with E-state index in [1.165, 1.54) is 12.0 Å². The summed E-state index contributed by atoms with van der Waals surface area (Å²) < 4.78 is 18.9. The van der Waals surface area contributed by atoms with Gasteiger partial charge in [0.2, 0.25) is 0 Å². The van der Waals surface area contributed by atoms with Crippen LogP contribution in [0.5, 0.6) is 0 Å². The predicted molar refractivity (Wildman–Crippen MR) is 144 cm³/mol. The number of rotatable bonds is 7. The Kier molecular flexibility index (Phi) is 7.40. The van der Waals surface area contributed by atoms with Crippen LogP contribution in [0.15, 0.2) is 34.9 Å². The van der Waals surface area contributed by atoms with Crippen LogP contribution in [0, 0.1) is 29.1 Å².